The molecular weight excluding hydrogens is 520 g/mol. The van der Waals surface area contributed by atoms with Crippen molar-refractivity contribution in [1.29, 1.82) is 0 Å². The first-order valence-corrected chi connectivity index (χ1v) is 14.9. The van der Waals surface area contributed by atoms with Crippen molar-refractivity contribution in [3.05, 3.63) is 11.6 Å². The monoisotopic (exact) mass is 564 g/mol. The second-order valence-corrected chi connectivity index (χ2v) is 13.6. The van der Waals surface area contributed by atoms with Crippen molar-refractivity contribution in [2.24, 2.45) is 28.6 Å². The van der Waals surface area contributed by atoms with Crippen LogP contribution in [-0.2, 0) is 28.5 Å². The second-order valence-electron chi connectivity index (χ2n) is 13.6. The van der Waals surface area contributed by atoms with E-state index in [9.17, 15) is 30.0 Å². The molecular formula is C30H44O10. The summed E-state index contributed by atoms with van der Waals surface area (Å²) in [6, 6.07) is 0. The molecule has 10 heteroatoms. The zero-order valence-electron chi connectivity index (χ0n) is 23.7. The highest BCUT2D eigenvalue weighted by molar-refractivity contribution is 5.85. The molecule has 0 bridgehead atoms. The number of esters is 1. The minimum atomic E-state index is -1.30. The van der Waals surface area contributed by atoms with Gasteiger partial charge in [0.25, 0.3) is 0 Å². The van der Waals surface area contributed by atoms with E-state index < -0.39 is 58.8 Å². The molecule has 0 spiro atoms. The Bertz CT molecular complexity index is 1060. The Morgan fingerprint density at radius 2 is 1.77 bits per heavy atom. The lowest BCUT2D eigenvalue weighted by Crippen LogP contribution is -2.69. The van der Waals surface area contributed by atoms with Crippen LogP contribution in [0.25, 0.3) is 0 Å². The smallest absolute Gasteiger partial charge is 0.331 e. The zero-order valence-corrected chi connectivity index (χ0v) is 23.7. The number of aliphatic hydroxyl groups excluding tert-OH is 2. The Balaban J connectivity index is 1.22. The quantitative estimate of drug-likeness (QED) is 0.219. The van der Waals surface area contributed by atoms with E-state index >= 15 is 0 Å². The third-order valence-corrected chi connectivity index (χ3v) is 12.2. The highest BCUT2D eigenvalue weighted by Crippen LogP contribution is 2.70. The van der Waals surface area contributed by atoms with Crippen LogP contribution in [0.4, 0.5) is 0 Å². The Morgan fingerprint density at radius 3 is 2.45 bits per heavy atom. The van der Waals surface area contributed by atoms with Crippen molar-refractivity contribution >= 4 is 12.3 Å². The lowest BCUT2D eigenvalue weighted by atomic mass is 9.41. The van der Waals surface area contributed by atoms with Gasteiger partial charge in [-0.1, -0.05) is 6.92 Å². The molecule has 4 N–H and O–H groups in total. The molecule has 224 valence electrons. The van der Waals surface area contributed by atoms with Crippen LogP contribution in [0.1, 0.15) is 71.6 Å². The van der Waals surface area contributed by atoms with Gasteiger partial charge in [0.1, 0.15) is 31.2 Å². The molecule has 10 nitrogen and oxygen atoms in total. The zero-order chi connectivity index (χ0) is 28.7. The van der Waals surface area contributed by atoms with E-state index in [1.807, 2.05) is 0 Å². The molecule has 6 rings (SSSR count). The Hall–Kier alpha value is -1.40. The Kier molecular flexibility index (Phi) is 7.05. The van der Waals surface area contributed by atoms with Gasteiger partial charge in [-0.2, -0.15) is 0 Å². The summed E-state index contributed by atoms with van der Waals surface area (Å²) in [6.45, 7) is 4.10. The van der Waals surface area contributed by atoms with Crippen LogP contribution in [0.2, 0.25) is 0 Å². The molecule has 6 aliphatic rings. The van der Waals surface area contributed by atoms with E-state index in [0.29, 0.717) is 44.9 Å². The minimum absolute atomic E-state index is 0.0563. The fourth-order valence-electron chi connectivity index (χ4n) is 10.0. The fraction of sp³-hybridized carbons (Fsp3) is 0.867. The Labute approximate surface area is 235 Å². The van der Waals surface area contributed by atoms with Gasteiger partial charge in [-0.15, -0.1) is 0 Å². The highest BCUT2D eigenvalue weighted by atomic mass is 16.7. The van der Waals surface area contributed by atoms with E-state index in [4.69, 9.17) is 18.9 Å². The van der Waals surface area contributed by atoms with E-state index in [2.05, 4.69) is 6.92 Å². The molecule has 2 unspecified atom stereocenters. The molecule has 0 aromatic heterocycles. The standard InChI is InChI=1S/C30H44O10/c1-16-23(33)25(37-3)24(34)26(39-16)40-18-4-9-28(15-31)20-5-8-27(2)19(17-12-22(32)38-14-17)7-11-30(27,36)21(20)6-10-29(28,35)13-18/h12,15-16,18-21,23-26,33-36H,4-11,13-14H2,1-3H3/t16-,18-,19+,20-,21+,23?,24-,25+,26?,27+,28-,29-,30-/m0/s1. The SMILES string of the molecule is CO[C@@H]1C(O)[C@H](C)OC(O[C@H]2CC[C@]3(C=O)[C@H]4CC[C@]5(C)[C@@H](C6=CC(=O)OC6)CC[C@]5(O)[C@@H]4CC[C@]3(O)C2)[C@H]1O. The molecule has 13 atom stereocenters. The number of aliphatic hydroxyl groups is 4. The normalized spacial score (nSPS) is 54.1. The van der Waals surface area contributed by atoms with Crippen LogP contribution in [-0.4, -0.2) is 94.4 Å². The van der Waals surface area contributed by atoms with Crippen molar-refractivity contribution in [2.45, 2.75) is 120 Å². The first kappa shape index (κ1) is 28.7. The minimum Gasteiger partial charge on any atom is -0.458 e. The first-order valence-electron chi connectivity index (χ1n) is 14.9. The summed E-state index contributed by atoms with van der Waals surface area (Å²) in [5.41, 5.74) is -2.77. The van der Waals surface area contributed by atoms with Gasteiger partial charge in [-0.05, 0) is 81.6 Å². The van der Waals surface area contributed by atoms with Crippen LogP contribution in [0.3, 0.4) is 0 Å². The second kappa shape index (κ2) is 9.82. The van der Waals surface area contributed by atoms with Gasteiger partial charge in [0, 0.05) is 25.0 Å². The lowest BCUT2D eigenvalue weighted by molar-refractivity contribution is -0.319. The summed E-state index contributed by atoms with van der Waals surface area (Å²) in [7, 11) is 1.42. The maximum absolute atomic E-state index is 13.0. The average Bonchev–Trinajstić information content (AvgIpc) is 3.46. The maximum atomic E-state index is 13.0. The Morgan fingerprint density at radius 1 is 1.02 bits per heavy atom. The number of methoxy groups -OCH3 is 1. The van der Waals surface area contributed by atoms with Crippen molar-refractivity contribution in [1.82, 2.24) is 0 Å². The van der Waals surface area contributed by atoms with Gasteiger partial charge in [0.2, 0.25) is 0 Å². The summed E-state index contributed by atoms with van der Waals surface area (Å²) in [6.07, 6.45) is 2.28. The summed E-state index contributed by atoms with van der Waals surface area (Å²) in [5.74, 6) is -0.563. The molecule has 4 aliphatic carbocycles. The van der Waals surface area contributed by atoms with Gasteiger partial charge in [-0.3, -0.25) is 0 Å². The van der Waals surface area contributed by atoms with Crippen molar-refractivity contribution in [3.63, 3.8) is 0 Å². The van der Waals surface area contributed by atoms with Crippen molar-refractivity contribution in [3.8, 4) is 0 Å². The molecule has 2 aliphatic heterocycles. The van der Waals surface area contributed by atoms with Crippen LogP contribution in [0.15, 0.2) is 11.6 Å². The van der Waals surface area contributed by atoms with Crippen molar-refractivity contribution < 1.29 is 49.0 Å². The first-order chi connectivity index (χ1) is 18.9. The maximum Gasteiger partial charge on any atom is 0.331 e. The molecule has 0 aromatic rings. The number of rotatable bonds is 5. The van der Waals surface area contributed by atoms with Crippen LogP contribution < -0.4 is 0 Å². The molecule has 0 radical (unpaired) electrons. The van der Waals surface area contributed by atoms with Crippen LogP contribution >= 0.6 is 0 Å². The number of carbonyl (C=O) groups is 2. The van der Waals surface area contributed by atoms with E-state index in [1.54, 1.807) is 13.0 Å². The van der Waals surface area contributed by atoms with Gasteiger partial charge >= 0.3 is 5.97 Å². The van der Waals surface area contributed by atoms with Crippen LogP contribution in [0, 0.1) is 28.6 Å². The molecule has 0 aromatic carbocycles. The third kappa shape index (κ3) is 3.86. The number of hydrogen-bond donors (Lipinski definition) is 4. The van der Waals surface area contributed by atoms with Gasteiger partial charge in [0.05, 0.1) is 28.8 Å². The summed E-state index contributed by atoms with van der Waals surface area (Å²) in [4.78, 5) is 24.8. The van der Waals surface area contributed by atoms with Gasteiger partial charge in [-0.25, -0.2) is 4.79 Å². The molecule has 5 fully saturated rings. The molecule has 4 saturated carbocycles. The summed E-state index contributed by atoms with van der Waals surface area (Å²) < 4.78 is 22.4. The largest absolute Gasteiger partial charge is 0.458 e. The average molecular weight is 565 g/mol. The van der Waals surface area contributed by atoms with E-state index in [1.165, 1.54) is 7.11 Å². The predicted molar refractivity (Wildman–Crippen MR) is 140 cm³/mol. The summed E-state index contributed by atoms with van der Waals surface area (Å²) >= 11 is 0. The number of ether oxygens (including phenoxy) is 4. The van der Waals surface area contributed by atoms with Crippen LogP contribution in [0.5, 0.6) is 0 Å². The van der Waals surface area contributed by atoms with Crippen molar-refractivity contribution in [2.75, 3.05) is 13.7 Å². The third-order valence-electron chi connectivity index (χ3n) is 12.2. The van der Waals surface area contributed by atoms with E-state index in [-0.39, 0.29) is 36.8 Å². The van der Waals surface area contributed by atoms with Gasteiger partial charge < -0.3 is 44.2 Å². The molecule has 40 heavy (non-hydrogen) atoms. The molecule has 0 amide bonds. The van der Waals surface area contributed by atoms with Gasteiger partial charge in [0.15, 0.2) is 6.29 Å². The predicted octanol–water partition coefficient (Wildman–Crippen LogP) is 1.40. The number of aldehydes is 1. The number of fused-ring (bicyclic) bond motifs is 5. The molecule has 1 saturated heterocycles. The fourth-order valence-corrected chi connectivity index (χ4v) is 10.0. The number of carbonyl (C=O) groups excluding carboxylic acids is 2. The topological polar surface area (TPSA) is 152 Å². The molecule has 2 heterocycles. The lowest BCUT2D eigenvalue weighted by Gasteiger charge is -2.65. The summed E-state index contributed by atoms with van der Waals surface area (Å²) in [5, 5.41) is 45.6. The number of hydrogen-bond acceptors (Lipinski definition) is 10. The number of cyclic esters (lactones) is 1. The van der Waals surface area contributed by atoms with E-state index in [0.717, 1.165) is 18.3 Å². The highest BCUT2D eigenvalue weighted by Gasteiger charge is 2.71.